The fourth-order valence-corrected chi connectivity index (χ4v) is 7.37. The molecule has 6 atom stereocenters. The third kappa shape index (κ3) is 1.27. The van der Waals surface area contributed by atoms with Crippen LogP contribution in [0.5, 0.6) is 0 Å². The number of piperidine rings is 1. The van der Waals surface area contributed by atoms with Crippen molar-refractivity contribution in [2.45, 2.75) is 62.3 Å². The molecule has 1 saturated carbocycles. The molecule has 0 aromatic heterocycles. The van der Waals surface area contributed by atoms with Crippen LogP contribution in [0.4, 0.5) is 5.69 Å². The molecule has 1 spiro atoms. The van der Waals surface area contributed by atoms with Gasteiger partial charge in [0.05, 0.1) is 12.2 Å². The van der Waals surface area contributed by atoms with Crippen molar-refractivity contribution in [3.63, 3.8) is 0 Å². The van der Waals surface area contributed by atoms with Gasteiger partial charge in [0.1, 0.15) is 0 Å². The van der Waals surface area contributed by atoms with E-state index < -0.39 is 0 Å². The van der Waals surface area contributed by atoms with E-state index in [9.17, 15) is 0 Å². The zero-order valence-electron chi connectivity index (χ0n) is 14.2. The molecule has 4 fully saturated rings. The van der Waals surface area contributed by atoms with E-state index in [1.807, 2.05) is 0 Å². The molecule has 0 amide bonds. The van der Waals surface area contributed by atoms with Crippen molar-refractivity contribution in [1.82, 2.24) is 4.90 Å². The average molecular weight is 310 g/mol. The van der Waals surface area contributed by atoms with E-state index in [1.54, 1.807) is 5.56 Å². The van der Waals surface area contributed by atoms with Crippen molar-refractivity contribution in [3.05, 3.63) is 29.8 Å². The molecule has 1 aliphatic carbocycles. The van der Waals surface area contributed by atoms with Crippen LogP contribution in [0.15, 0.2) is 24.3 Å². The highest BCUT2D eigenvalue weighted by molar-refractivity contribution is 5.66. The smallest absolute Gasteiger partial charge is 0.0974 e. The molecule has 3 saturated heterocycles. The third-order valence-electron chi connectivity index (χ3n) is 8.16. The van der Waals surface area contributed by atoms with Crippen LogP contribution >= 0.6 is 0 Å². The van der Waals surface area contributed by atoms with Crippen molar-refractivity contribution in [2.75, 3.05) is 25.0 Å². The van der Waals surface area contributed by atoms with E-state index >= 15 is 0 Å². The number of rotatable bonds is 1. The Bertz CT molecular complexity index is 690. The Morgan fingerprint density at radius 2 is 2.13 bits per heavy atom. The maximum Gasteiger partial charge on any atom is 0.0974 e. The van der Waals surface area contributed by atoms with E-state index in [-0.39, 0.29) is 0 Å². The zero-order valence-corrected chi connectivity index (χ0v) is 14.2. The van der Waals surface area contributed by atoms with Gasteiger partial charge >= 0.3 is 0 Å². The minimum Gasteiger partial charge on any atom is -0.370 e. The molecule has 23 heavy (non-hydrogen) atoms. The summed E-state index contributed by atoms with van der Waals surface area (Å²) in [6, 6.07) is 10.6. The van der Waals surface area contributed by atoms with Gasteiger partial charge in [-0.25, -0.2) is 0 Å². The Morgan fingerprint density at radius 3 is 3.00 bits per heavy atom. The number of fused-ring (bicyclic) bond motifs is 3. The first-order valence-electron chi connectivity index (χ1n) is 9.44. The number of para-hydroxylation sites is 1. The molecule has 0 N–H and O–H groups in total. The highest BCUT2D eigenvalue weighted by Crippen LogP contribution is 2.67. The summed E-state index contributed by atoms with van der Waals surface area (Å²) in [6.45, 7) is 4.86. The summed E-state index contributed by atoms with van der Waals surface area (Å²) in [5, 5.41) is 0. The molecule has 4 heterocycles. The largest absolute Gasteiger partial charge is 0.370 e. The SMILES string of the molecule is CC[C@]12CC[C@H]3N(C)c4ccccc4[C@]34CCN(C[C@@H]3O[C@@H]31)[C@H]24. The normalized spacial score (nSPS) is 49.4. The van der Waals surface area contributed by atoms with Crippen LogP contribution in [0.2, 0.25) is 0 Å². The quantitative estimate of drug-likeness (QED) is 0.744. The van der Waals surface area contributed by atoms with Crippen molar-refractivity contribution >= 4 is 5.69 Å². The van der Waals surface area contributed by atoms with E-state index in [0.29, 0.717) is 35.1 Å². The molecule has 122 valence electrons. The second-order valence-electron chi connectivity index (χ2n) is 8.55. The van der Waals surface area contributed by atoms with Gasteiger partial charge in [-0.3, -0.25) is 4.90 Å². The molecule has 4 aliphatic heterocycles. The summed E-state index contributed by atoms with van der Waals surface area (Å²) in [6.07, 6.45) is 6.36. The van der Waals surface area contributed by atoms with Crippen molar-refractivity contribution in [1.29, 1.82) is 0 Å². The van der Waals surface area contributed by atoms with Crippen LogP contribution in [-0.2, 0) is 10.2 Å². The first-order valence-corrected chi connectivity index (χ1v) is 9.44. The first kappa shape index (κ1) is 13.3. The number of nitrogens with zero attached hydrogens (tertiary/aromatic N) is 2. The summed E-state index contributed by atoms with van der Waals surface area (Å²) in [5.74, 6) is 0. The lowest BCUT2D eigenvalue weighted by atomic mass is 9.52. The minimum atomic E-state index is 0.344. The summed E-state index contributed by atoms with van der Waals surface area (Å²) in [4.78, 5) is 5.43. The van der Waals surface area contributed by atoms with Gasteiger partial charge in [0.2, 0.25) is 0 Å². The number of benzene rings is 1. The fourth-order valence-electron chi connectivity index (χ4n) is 7.37. The van der Waals surface area contributed by atoms with E-state index in [4.69, 9.17) is 4.74 Å². The molecule has 3 nitrogen and oxygen atoms in total. The van der Waals surface area contributed by atoms with Crippen molar-refractivity contribution < 1.29 is 4.74 Å². The highest BCUT2D eigenvalue weighted by Gasteiger charge is 2.74. The number of ether oxygens (including phenoxy) is 1. The van der Waals surface area contributed by atoms with Crippen LogP contribution in [0, 0.1) is 5.41 Å². The molecule has 3 heteroatoms. The summed E-state index contributed by atoms with van der Waals surface area (Å²) < 4.78 is 6.20. The number of hydrogen-bond donors (Lipinski definition) is 0. The maximum atomic E-state index is 6.20. The molecular formula is C20H26N2O. The summed E-state index contributed by atoms with van der Waals surface area (Å²) in [7, 11) is 2.33. The molecule has 0 radical (unpaired) electrons. The number of epoxide rings is 1. The van der Waals surface area contributed by atoms with Crippen LogP contribution in [0.3, 0.4) is 0 Å². The highest BCUT2D eigenvalue weighted by atomic mass is 16.6. The third-order valence-corrected chi connectivity index (χ3v) is 8.16. The van der Waals surface area contributed by atoms with Crippen LogP contribution in [0.25, 0.3) is 0 Å². The van der Waals surface area contributed by atoms with Crippen LogP contribution in [0.1, 0.15) is 38.2 Å². The van der Waals surface area contributed by atoms with Gasteiger partial charge in [-0.05, 0) is 43.9 Å². The van der Waals surface area contributed by atoms with Gasteiger partial charge in [0.15, 0.2) is 0 Å². The lowest BCUT2D eigenvalue weighted by molar-refractivity contribution is -0.0240. The van der Waals surface area contributed by atoms with Gasteiger partial charge in [-0.15, -0.1) is 0 Å². The average Bonchev–Trinajstić information content (AvgIpc) is 3.22. The lowest BCUT2D eigenvalue weighted by Gasteiger charge is -2.57. The van der Waals surface area contributed by atoms with E-state index in [0.717, 1.165) is 0 Å². The van der Waals surface area contributed by atoms with Crippen molar-refractivity contribution in [2.24, 2.45) is 5.41 Å². The summed E-state index contributed by atoms with van der Waals surface area (Å²) in [5.41, 5.74) is 3.87. The first-order chi connectivity index (χ1) is 11.2. The Labute approximate surface area is 138 Å². The molecular weight excluding hydrogens is 284 g/mol. The second kappa shape index (κ2) is 3.94. The van der Waals surface area contributed by atoms with E-state index in [2.05, 4.69) is 48.0 Å². The molecule has 0 bridgehead atoms. The van der Waals surface area contributed by atoms with Crippen LogP contribution < -0.4 is 4.90 Å². The molecule has 1 aromatic rings. The molecule has 5 aliphatic rings. The van der Waals surface area contributed by atoms with Gasteiger partial charge in [-0.2, -0.15) is 0 Å². The Morgan fingerprint density at radius 1 is 1.26 bits per heavy atom. The minimum absolute atomic E-state index is 0.344. The standard InChI is InChI=1S/C20H26N2O/c1-3-19-9-8-16-20(13-6-4-5-7-14(13)21(16)2)10-11-22(18(19)20)12-15-17(19)23-15/h4-7,15-18H,3,8-12H2,1-2H3/t15-,16+,17-,18+,19-,20+/m0/s1. The molecule has 1 aromatic carbocycles. The number of likely N-dealkylation sites (N-methyl/N-ethyl adjacent to an activating group) is 1. The topological polar surface area (TPSA) is 19.0 Å². The molecule has 0 unspecified atom stereocenters. The second-order valence-corrected chi connectivity index (χ2v) is 8.55. The van der Waals surface area contributed by atoms with Gasteiger partial charge < -0.3 is 9.64 Å². The van der Waals surface area contributed by atoms with Gasteiger partial charge in [0.25, 0.3) is 0 Å². The summed E-state index contributed by atoms with van der Waals surface area (Å²) >= 11 is 0. The fraction of sp³-hybridized carbons (Fsp3) is 0.700. The number of anilines is 1. The Kier molecular flexibility index (Phi) is 2.27. The monoisotopic (exact) mass is 310 g/mol. The van der Waals surface area contributed by atoms with Gasteiger partial charge in [-0.1, -0.05) is 25.1 Å². The van der Waals surface area contributed by atoms with Gasteiger partial charge in [0, 0.05) is 42.2 Å². The predicted octanol–water partition coefficient (Wildman–Crippen LogP) is 2.79. The maximum absolute atomic E-state index is 6.20. The van der Waals surface area contributed by atoms with E-state index in [1.165, 1.54) is 44.5 Å². The Balaban J connectivity index is 1.60. The van der Waals surface area contributed by atoms with Crippen molar-refractivity contribution in [3.8, 4) is 0 Å². The zero-order chi connectivity index (χ0) is 15.4. The number of hydrogen-bond acceptors (Lipinski definition) is 3. The lowest BCUT2D eigenvalue weighted by Crippen LogP contribution is -2.66. The Hall–Kier alpha value is -1.06. The predicted molar refractivity (Wildman–Crippen MR) is 90.9 cm³/mol. The molecule has 6 rings (SSSR count). The van der Waals surface area contributed by atoms with Crippen LogP contribution in [-0.4, -0.2) is 49.3 Å².